The van der Waals surface area contributed by atoms with Crippen LogP contribution in [0, 0.1) is 5.82 Å². The third-order valence-corrected chi connectivity index (χ3v) is 3.75. The smallest absolute Gasteiger partial charge is 0.129 e. The molecule has 0 aromatic heterocycles. The molecule has 0 spiro atoms. The van der Waals surface area contributed by atoms with Crippen molar-refractivity contribution in [1.82, 2.24) is 0 Å². The highest BCUT2D eigenvalue weighted by molar-refractivity contribution is 6.33. The number of halogens is 4. The van der Waals surface area contributed by atoms with Gasteiger partial charge in [0.1, 0.15) is 5.82 Å². The second-order valence-electron chi connectivity index (χ2n) is 4.18. The van der Waals surface area contributed by atoms with Gasteiger partial charge in [0.05, 0.1) is 0 Å². The maximum absolute atomic E-state index is 13.8. The number of rotatable bonds is 3. The van der Waals surface area contributed by atoms with Crippen LogP contribution in [0.4, 0.5) is 4.39 Å². The van der Waals surface area contributed by atoms with Gasteiger partial charge in [-0.05, 0) is 42.3 Å². The van der Waals surface area contributed by atoms with E-state index in [0.29, 0.717) is 27.1 Å². The van der Waals surface area contributed by atoms with Crippen LogP contribution in [-0.2, 0) is 6.42 Å². The summed E-state index contributed by atoms with van der Waals surface area (Å²) in [7, 11) is 0. The first-order chi connectivity index (χ1) is 8.99. The molecule has 2 N–H and O–H groups in total. The molecular weight excluding hydrogens is 308 g/mol. The Morgan fingerprint density at radius 1 is 1.05 bits per heavy atom. The lowest BCUT2D eigenvalue weighted by molar-refractivity contribution is 0.580. The van der Waals surface area contributed by atoms with Crippen LogP contribution in [0.3, 0.4) is 0 Å². The fourth-order valence-electron chi connectivity index (χ4n) is 1.90. The Morgan fingerprint density at radius 3 is 2.47 bits per heavy atom. The zero-order chi connectivity index (χ0) is 14.0. The number of benzene rings is 2. The third-order valence-electron chi connectivity index (χ3n) is 2.82. The van der Waals surface area contributed by atoms with Crippen molar-refractivity contribution in [3.05, 3.63) is 68.4 Å². The van der Waals surface area contributed by atoms with E-state index >= 15 is 0 Å². The van der Waals surface area contributed by atoms with Gasteiger partial charge in [-0.2, -0.15) is 0 Å². The molecule has 2 rings (SSSR count). The molecule has 1 unspecified atom stereocenters. The minimum Gasteiger partial charge on any atom is -0.324 e. The minimum absolute atomic E-state index is 0.292. The predicted octanol–water partition coefficient (Wildman–Crippen LogP) is 5.03. The molecule has 0 radical (unpaired) electrons. The van der Waals surface area contributed by atoms with Gasteiger partial charge in [-0.3, -0.25) is 0 Å². The normalized spacial score (nSPS) is 12.5. The molecule has 1 atom stereocenters. The van der Waals surface area contributed by atoms with Crippen LogP contribution < -0.4 is 5.73 Å². The van der Waals surface area contributed by atoms with Gasteiger partial charge in [0.25, 0.3) is 0 Å². The Kier molecular flexibility index (Phi) is 4.69. The molecule has 0 saturated heterocycles. The van der Waals surface area contributed by atoms with E-state index in [2.05, 4.69) is 0 Å². The quantitative estimate of drug-likeness (QED) is 0.844. The zero-order valence-electron chi connectivity index (χ0n) is 9.84. The van der Waals surface area contributed by atoms with Crippen molar-refractivity contribution >= 4 is 34.8 Å². The summed E-state index contributed by atoms with van der Waals surface area (Å²) in [4.78, 5) is 0. The van der Waals surface area contributed by atoms with E-state index in [9.17, 15) is 4.39 Å². The van der Waals surface area contributed by atoms with E-state index in [1.807, 2.05) is 0 Å². The van der Waals surface area contributed by atoms with Crippen LogP contribution in [0.5, 0.6) is 0 Å². The molecule has 0 aliphatic carbocycles. The summed E-state index contributed by atoms with van der Waals surface area (Å²) in [5.74, 6) is -0.418. The summed E-state index contributed by atoms with van der Waals surface area (Å²) in [6.45, 7) is 0. The zero-order valence-corrected chi connectivity index (χ0v) is 12.1. The van der Waals surface area contributed by atoms with Crippen molar-refractivity contribution in [3.8, 4) is 0 Å². The lowest BCUT2D eigenvalue weighted by Crippen LogP contribution is -2.16. The van der Waals surface area contributed by atoms with Crippen molar-refractivity contribution in [2.75, 3.05) is 0 Å². The molecular formula is C14H11Cl3FN. The van der Waals surface area contributed by atoms with E-state index in [1.165, 1.54) is 6.07 Å². The number of hydrogen-bond acceptors (Lipinski definition) is 1. The molecule has 0 fully saturated rings. The molecule has 19 heavy (non-hydrogen) atoms. The van der Waals surface area contributed by atoms with Crippen LogP contribution in [0.2, 0.25) is 15.1 Å². The second-order valence-corrected chi connectivity index (χ2v) is 5.43. The largest absolute Gasteiger partial charge is 0.324 e. The fourth-order valence-corrected chi connectivity index (χ4v) is 2.60. The highest BCUT2D eigenvalue weighted by atomic mass is 35.5. The minimum atomic E-state index is -0.579. The molecule has 0 aliphatic heterocycles. The van der Waals surface area contributed by atoms with E-state index in [0.717, 1.165) is 5.56 Å². The standard InChI is InChI=1S/C14H11Cl3FN/c15-9-4-5-10(16)8(6-9)7-13(19)14-11(17)2-1-3-12(14)18/h1-6,13H,7,19H2. The maximum Gasteiger partial charge on any atom is 0.129 e. The average molecular weight is 319 g/mol. The number of hydrogen-bond donors (Lipinski definition) is 1. The average Bonchev–Trinajstić information content (AvgIpc) is 2.33. The van der Waals surface area contributed by atoms with Crippen molar-refractivity contribution in [3.63, 3.8) is 0 Å². The molecule has 1 nitrogen and oxygen atoms in total. The van der Waals surface area contributed by atoms with E-state index in [-0.39, 0.29) is 0 Å². The van der Waals surface area contributed by atoms with Gasteiger partial charge in [0.2, 0.25) is 0 Å². The fraction of sp³-hybridized carbons (Fsp3) is 0.143. The van der Waals surface area contributed by atoms with E-state index in [1.54, 1.807) is 30.3 Å². The van der Waals surface area contributed by atoms with Crippen molar-refractivity contribution in [2.45, 2.75) is 12.5 Å². The summed E-state index contributed by atoms with van der Waals surface area (Å²) in [5, 5.41) is 1.42. The van der Waals surface area contributed by atoms with Gasteiger partial charge in [0.15, 0.2) is 0 Å². The molecule has 0 saturated carbocycles. The molecule has 2 aromatic rings. The summed E-state index contributed by atoms with van der Waals surface area (Å²) < 4.78 is 13.8. The van der Waals surface area contributed by atoms with Gasteiger partial charge >= 0.3 is 0 Å². The van der Waals surface area contributed by atoms with E-state index in [4.69, 9.17) is 40.5 Å². The highest BCUT2D eigenvalue weighted by Gasteiger charge is 2.17. The SMILES string of the molecule is NC(Cc1cc(Cl)ccc1Cl)c1c(F)cccc1Cl. The van der Waals surface area contributed by atoms with Crippen LogP contribution >= 0.6 is 34.8 Å². The summed E-state index contributed by atoms with van der Waals surface area (Å²) in [6, 6.07) is 9.01. The Bertz CT molecular complexity index is 581. The molecule has 100 valence electrons. The summed E-state index contributed by atoms with van der Waals surface area (Å²) >= 11 is 18.0. The highest BCUT2D eigenvalue weighted by Crippen LogP contribution is 2.29. The lowest BCUT2D eigenvalue weighted by atomic mass is 9.99. The van der Waals surface area contributed by atoms with E-state index < -0.39 is 11.9 Å². The summed E-state index contributed by atoms with van der Waals surface area (Å²) in [6.07, 6.45) is 0.361. The molecule has 0 amide bonds. The van der Waals surface area contributed by atoms with Gasteiger partial charge in [-0.15, -0.1) is 0 Å². The van der Waals surface area contributed by atoms with Crippen molar-refractivity contribution in [2.24, 2.45) is 5.73 Å². The van der Waals surface area contributed by atoms with Crippen LogP contribution in [-0.4, -0.2) is 0 Å². The Hall–Kier alpha value is -0.800. The van der Waals surface area contributed by atoms with Gasteiger partial charge in [0, 0.05) is 26.7 Å². The second kappa shape index (κ2) is 6.10. The topological polar surface area (TPSA) is 26.0 Å². The first-order valence-electron chi connectivity index (χ1n) is 5.62. The van der Waals surface area contributed by atoms with Crippen LogP contribution in [0.25, 0.3) is 0 Å². The molecule has 0 aliphatic rings. The predicted molar refractivity (Wildman–Crippen MR) is 78.5 cm³/mol. The molecule has 0 heterocycles. The van der Waals surface area contributed by atoms with Gasteiger partial charge < -0.3 is 5.73 Å². The Labute approximate surface area is 126 Å². The Balaban J connectivity index is 2.31. The Morgan fingerprint density at radius 2 is 1.79 bits per heavy atom. The lowest BCUT2D eigenvalue weighted by Gasteiger charge is -2.15. The first-order valence-corrected chi connectivity index (χ1v) is 6.76. The van der Waals surface area contributed by atoms with Crippen LogP contribution in [0.1, 0.15) is 17.2 Å². The molecule has 2 aromatic carbocycles. The maximum atomic E-state index is 13.8. The third kappa shape index (κ3) is 3.40. The van der Waals surface area contributed by atoms with Gasteiger partial charge in [-0.1, -0.05) is 40.9 Å². The molecule has 0 bridgehead atoms. The van der Waals surface area contributed by atoms with Crippen molar-refractivity contribution < 1.29 is 4.39 Å². The summed E-state index contributed by atoms with van der Waals surface area (Å²) in [5.41, 5.74) is 7.08. The molecule has 5 heteroatoms. The first kappa shape index (κ1) is 14.6. The van der Waals surface area contributed by atoms with Crippen LogP contribution in [0.15, 0.2) is 36.4 Å². The van der Waals surface area contributed by atoms with Crippen molar-refractivity contribution in [1.29, 1.82) is 0 Å². The monoisotopic (exact) mass is 317 g/mol. The van der Waals surface area contributed by atoms with Gasteiger partial charge in [-0.25, -0.2) is 4.39 Å². The number of nitrogens with two attached hydrogens (primary N) is 1.